The van der Waals surface area contributed by atoms with E-state index in [1.165, 1.54) is 10.6 Å². The molecule has 0 aliphatic carbocycles. The van der Waals surface area contributed by atoms with Crippen LogP contribution in [0.4, 0.5) is 87.8 Å². The van der Waals surface area contributed by atoms with Gasteiger partial charge in [0, 0.05) is 0 Å². The molecule has 23 heteroatoms. The van der Waals surface area contributed by atoms with E-state index < -0.39 is 144 Å². The van der Waals surface area contributed by atoms with Crippen LogP contribution in [0.3, 0.4) is 0 Å². The number of aromatic amines is 1. The van der Waals surface area contributed by atoms with E-state index in [0.29, 0.717) is 0 Å². The van der Waals surface area contributed by atoms with Crippen molar-refractivity contribution in [3.05, 3.63) is 169 Å². The van der Waals surface area contributed by atoms with Crippen molar-refractivity contribution in [1.29, 1.82) is 0 Å². The second kappa shape index (κ2) is 15.7. The number of rotatable bonds is 6. The molecule has 1 heterocycles. The van der Waals surface area contributed by atoms with Gasteiger partial charge in [0.1, 0.15) is 52.7 Å². The third-order valence-corrected chi connectivity index (χ3v) is 9.26. The molecule has 0 saturated heterocycles. The number of hydrogen-bond acceptors (Lipinski definition) is 1. The van der Waals surface area contributed by atoms with Crippen LogP contribution >= 0.6 is 11.3 Å². The first-order valence-electron chi connectivity index (χ1n) is 14.9. The van der Waals surface area contributed by atoms with E-state index in [9.17, 15) is 52.7 Å². The van der Waals surface area contributed by atoms with Gasteiger partial charge >= 0.3 is 0 Å². The predicted molar refractivity (Wildman–Crippen MR) is 159 cm³/mol. The maximum atomic E-state index is 15.4. The van der Waals surface area contributed by atoms with E-state index >= 15 is 35.1 Å². The second-order valence-electron chi connectivity index (χ2n) is 11.5. The minimum absolute atomic E-state index is 1.01. The summed E-state index contributed by atoms with van der Waals surface area (Å²) < 4.78 is 294. The molecule has 6 rings (SSSR count). The van der Waals surface area contributed by atoms with Crippen LogP contribution in [-0.4, -0.2) is 6.15 Å². The largest absolute Gasteiger partial charge is 0.239 e. The molecular weight excluding hydrogens is 845 g/mol. The highest BCUT2D eigenvalue weighted by Gasteiger charge is 2.52. The van der Waals surface area contributed by atoms with Gasteiger partial charge in [0.25, 0.3) is 0 Å². The number of hydrogen-bond donors (Lipinski definition) is 0. The van der Waals surface area contributed by atoms with Gasteiger partial charge in [0.05, 0.1) is 11.8 Å². The van der Waals surface area contributed by atoms with Crippen LogP contribution in [-0.2, 0) is 6.42 Å². The second-order valence-corrected chi connectivity index (χ2v) is 12.5. The quantitative estimate of drug-likeness (QED) is 0.0699. The van der Waals surface area contributed by atoms with Crippen molar-refractivity contribution < 1.29 is 92.8 Å². The lowest BCUT2D eigenvalue weighted by molar-refractivity contribution is -0.381. The Kier molecular flexibility index (Phi) is 11.7. The van der Waals surface area contributed by atoms with E-state index in [2.05, 4.69) is 34.6 Å². The zero-order valence-electron chi connectivity index (χ0n) is 26.8. The molecule has 1 N–H and O–H groups in total. The Hall–Kier alpha value is -5.61. The van der Waals surface area contributed by atoms with Gasteiger partial charge < -0.3 is 0 Å². The van der Waals surface area contributed by atoms with Crippen LogP contribution < -0.4 is 26.8 Å². The third-order valence-electron chi connectivity index (χ3n) is 8.44. The molecular formula is C34H10BF20NS. The molecule has 57 heavy (non-hydrogen) atoms. The summed E-state index contributed by atoms with van der Waals surface area (Å²) in [6, 6.07) is 10.5. The summed E-state index contributed by atoms with van der Waals surface area (Å²) >= 11 is 1.76. The Labute approximate surface area is 307 Å². The average Bonchev–Trinajstić information content (AvgIpc) is 3.71. The summed E-state index contributed by atoms with van der Waals surface area (Å²) in [5.41, 5.74) is -13.0. The van der Waals surface area contributed by atoms with Crippen molar-refractivity contribution in [1.82, 2.24) is 0 Å². The fourth-order valence-electron chi connectivity index (χ4n) is 6.03. The molecule has 300 valence electrons. The summed E-state index contributed by atoms with van der Waals surface area (Å²) in [5, 5.41) is 3.37. The Morgan fingerprint density at radius 3 is 0.825 bits per heavy atom. The summed E-state index contributed by atoms with van der Waals surface area (Å²) in [7, 11) is 0. The number of nitrogens with one attached hydrogen (secondary N) is 1. The molecule has 0 radical (unpaired) electrons. The Morgan fingerprint density at radius 2 is 0.596 bits per heavy atom. The van der Waals surface area contributed by atoms with Crippen molar-refractivity contribution in [2.75, 3.05) is 0 Å². The average molecular weight is 855 g/mol. The maximum absolute atomic E-state index is 15.4. The first-order chi connectivity index (χ1) is 26.7. The summed E-state index contributed by atoms with van der Waals surface area (Å²) in [6.45, 7) is 0. The van der Waals surface area contributed by atoms with E-state index in [1.54, 1.807) is 11.3 Å². The standard InChI is InChI=1S/C24BF20.C10H9NS/c26-5-1(6(27)14(35)21(42)13(5)34)25(2-7(28)15(36)22(43)16(37)8(2)29,3-9(30)17(38)23(44)18(39)10(3)31)4-11(32)19(40)24(45)20(41)12(4)33;1-2-4-9(5-3-1)8-10-11-6-7-12-10/h;1-7H,8H2/q-1;/p+1. The van der Waals surface area contributed by atoms with Crippen molar-refractivity contribution >= 4 is 39.3 Å². The molecule has 0 unspecified atom stereocenters. The molecule has 1 aromatic heterocycles. The first kappa shape index (κ1) is 42.5. The minimum atomic E-state index is -7.22. The minimum Gasteiger partial charge on any atom is -0.207 e. The summed E-state index contributed by atoms with van der Waals surface area (Å²) in [6.07, 6.45) is -4.23. The SMILES string of the molecule is Fc1c(F)c(F)c([B-](c2c(F)c(F)c(F)c(F)c2F)(c2c(F)c(F)c(F)c(F)c2F)c2c(F)c(F)c(F)c(F)c2F)c(F)c1F.c1ccc(Cc2[nH+]ccs2)cc1. The zero-order chi connectivity index (χ0) is 42.6. The normalized spacial score (nSPS) is 11.6. The molecule has 0 saturated carbocycles. The van der Waals surface area contributed by atoms with Gasteiger partial charge in [-0.3, -0.25) is 0 Å². The van der Waals surface area contributed by atoms with E-state index in [0.717, 1.165) is 6.42 Å². The monoisotopic (exact) mass is 855 g/mol. The van der Waals surface area contributed by atoms with Crippen molar-refractivity contribution in [2.24, 2.45) is 0 Å². The number of aromatic nitrogens is 1. The van der Waals surface area contributed by atoms with Gasteiger partial charge in [0.15, 0.2) is 76.0 Å². The van der Waals surface area contributed by atoms with Gasteiger partial charge in [-0.2, -0.15) is 0 Å². The molecule has 0 bridgehead atoms. The van der Waals surface area contributed by atoms with Crippen LogP contribution in [0.25, 0.3) is 0 Å². The van der Waals surface area contributed by atoms with Crippen molar-refractivity contribution in [3.63, 3.8) is 0 Å². The molecule has 6 aromatic rings. The highest BCUT2D eigenvalue weighted by molar-refractivity contribution is 7.20. The van der Waals surface area contributed by atoms with Crippen LogP contribution in [0.2, 0.25) is 0 Å². The molecule has 0 amide bonds. The molecule has 0 aliphatic rings. The predicted octanol–water partition coefficient (Wildman–Crippen LogP) is 8.00. The smallest absolute Gasteiger partial charge is 0.207 e. The highest BCUT2D eigenvalue weighted by Crippen LogP contribution is 2.30. The molecule has 5 aromatic carbocycles. The highest BCUT2D eigenvalue weighted by atomic mass is 32.1. The number of thiazole rings is 1. The topological polar surface area (TPSA) is 14.1 Å². The lowest BCUT2D eigenvalue weighted by Gasteiger charge is -2.44. The first-order valence-corrected chi connectivity index (χ1v) is 15.7. The molecule has 0 spiro atoms. The van der Waals surface area contributed by atoms with Crippen molar-refractivity contribution in [3.8, 4) is 0 Å². The Morgan fingerprint density at radius 1 is 0.351 bits per heavy atom. The van der Waals surface area contributed by atoms with Gasteiger partial charge in [-0.25, -0.2) is 92.8 Å². The zero-order valence-corrected chi connectivity index (χ0v) is 27.6. The molecule has 0 fully saturated rings. The maximum Gasteiger partial charge on any atom is 0.239 e. The number of halogens is 20. The van der Waals surface area contributed by atoms with Crippen LogP contribution in [0, 0.1) is 116 Å². The molecule has 0 aliphatic heterocycles. The third kappa shape index (κ3) is 6.63. The summed E-state index contributed by atoms with van der Waals surface area (Å²) in [4.78, 5) is 3.20. The Bertz CT molecular complexity index is 2160. The van der Waals surface area contributed by atoms with Gasteiger partial charge in [-0.15, -0.1) is 21.9 Å². The van der Waals surface area contributed by atoms with Crippen LogP contribution in [0.5, 0.6) is 0 Å². The fourth-order valence-corrected chi connectivity index (χ4v) is 6.71. The summed E-state index contributed by atoms with van der Waals surface area (Å²) in [5.74, 6) is -71.4. The van der Waals surface area contributed by atoms with Crippen LogP contribution in [0.1, 0.15) is 10.6 Å². The van der Waals surface area contributed by atoms with Crippen molar-refractivity contribution in [2.45, 2.75) is 6.42 Å². The number of benzene rings is 5. The van der Waals surface area contributed by atoms with Crippen LogP contribution in [0.15, 0.2) is 41.9 Å². The van der Waals surface area contributed by atoms with E-state index in [4.69, 9.17) is 0 Å². The Balaban J connectivity index is 0.000000436. The number of H-pyrrole nitrogens is 1. The lowest BCUT2D eigenvalue weighted by atomic mass is 9.12. The van der Waals surface area contributed by atoms with Gasteiger partial charge in [0.2, 0.25) is 5.01 Å². The van der Waals surface area contributed by atoms with E-state index in [1.807, 2.05) is 12.3 Å². The van der Waals surface area contributed by atoms with E-state index in [-0.39, 0.29) is 0 Å². The molecule has 1 nitrogen and oxygen atoms in total. The van der Waals surface area contributed by atoms with Gasteiger partial charge in [-0.1, -0.05) is 41.7 Å². The fraction of sp³-hybridized carbons (Fsp3) is 0.0294. The molecule has 0 atom stereocenters. The lowest BCUT2D eigenvalue weighted by Crippen LogP contribution is -2.81. The van der Waals surface area contributed by atoms with Gasteiger partial charge in [-0.05, 0) is 5.56 Å².